The Labute approximate surface area is 170 Å². The van der Waals surface area contributed by atoms with E-state index in [0.29, 0.717) is 55.5 Å². The van der Waals surface area contributed by atoms with Crippen LogP contribution in [0.15, 0.2) is 47.1 Å². The third-order valence-electron chi connectivity index (χ3n) is 4.97. The fraction of sp³-hybridized carbons (Fsp3) is 0.409. The van der Waals surface area contributed by atoms with E-state index in [1.54, 1.807) is 46.2 Å². The van der Waals surface area contributed by atoms with Gasteiger partial charge in [0.05, 0.1) is 6.26 Å². The molecule has 1 aliphatic heterocycles. The van der Waals surface area contributed by atoms with Gasteiger partial charge in [0, 0.05) is 43.9 Å². The van der Waals surface area contributed by atoms with Gasteiger partial charge in [-0.05, 0) is 42.7 Å². The molecule has 29 heavy (non-hydrogen) atoms. The molecule has 2 heterocycles. The van der Waals surface area contributed by atoms with Gasteiger partial charge in [0.15, 0.2) is 5.76 Å². The second-order valence-corrected chi connectivity index (χ2v) is 7.58. The van der Waals surface area contributed by atoms with E-state index in [1.807, 2.05) is 0 Å². The SMILES string of the molecule is CC(C)CCNC(=O)c1cccc(C(=O)N2CCN(C(=O)c3ccco3)CC2)c1. The van der Waals surface area contributed by atoms with Crippen LogP contribution >= 0.6 is 0 Å². The van der Waals surface area contributed by atoms with Crippen molar-refractivity contribution >= 4 is 17.7 Å². The molecule has 1 saturated heterocycles. The van der Waals surface area contributed by atoms with Crippen LogP contribution in [0.1, 0.15) is 51.5 Å². The maximum atomic E-state index is 12.9. The van der Waals surface area contributed by atoms with Crippen molar-refractivity contribution in [2.45, 2.75) is 20.3 Å². The highest BCUT2D eigenvalue weighted by Crippen LogP contribution is 2.13. The maximum absolute atomic E-state index is 12.9. The number of nitrogens with zero attached hydrogens (tertiary/aromatic N) is 2. The van der Waals surface area contributed by atoms with Crippen LogP contribution in [0.5, 0.6) is 0 Å². The highest BCUT2D eigenvalue weighted by molar-refractivity contribution is 5.99. The minimum atomic E-state index is -0.172. The zero-order valence-corrected chi connectivity index (χ0v) is 16.9. The second kappa shape index (κ2) is 9.41. The van der Waals surface area contributed by atoms with Crippen LogP contribution in [0.2, 0.25) is 0 Å². The summed E-state index contributed by atoms with van der Waals surface area (Å²) in [5.41, 5.74) is 0.957. The van der Waals surface area contributed by atoms with Gasteiger partial charge in [-0.1, -0.05) is 19.9 Å². The van der Waals surface area contributed by atoms with Crippen molar-refractivity contribution in [3.8, 4) is 0 Å². The summed E-state index contributed by atoms with van der Waals surface area (Å²) in [6.45, 7) is 6.59. The molecule has 7 heteroatoms. The Morgan fingerprint density at radius 3 is 2.24 bits per heavy atom. The van der Waals surface area contributed by atoms with Crippen LogP contribution in [-0.2, 0) is 0 Å². The van der Waals surface area contributed by atoms with Gasteiger partial charge in [0.25, 0.3) is 17.7 Å². The smallest absolute Gasteiger partial charge is 0.289 e. The summed E-state index contributed by atoms with van der Waals surface area (Å²) in [5, 5.41) is 2.89. The number of hydrogen-bond donors (Lipinski definition) is 1. The molecule has 1 fully saturated rings. The largest absolute Gasteiger partial charge is 0.459 e. The Balaban J connectivity index is 1.57. The summed E-state index contributed by atoms with van der Waals surface area (Å²) in [7, 11) is 0. The number of furan rings is 1. The van der Waals surface area contributed by atoms with E-state index in [4.69, 9.17) is 4.42 Å². The molecule has 3 rings (SSSR count). The number of benzene rings is 1. The van der Waals surface area contributed by atoms with Gasteiger partial charge >= 0.3 is 0 Å². The topological polar surface area (TPSA) is 82.9 Å². The fourth-order valence-electron chi connectivity index (χ4n) is 3.22. The Bertz CT molecular complexity index is 853. The van der Waals surface area contributed by atoms with Crippen LogP contribution in [0.25, 0.3) is 0 Å². The molecule has 0 bridgehead atoms. The van der Waals surface area contributed by atoms with Crippen molar-refractivity contribution in [1.82, 2.24) is 15.1 Å². The molecule has 7 nitrogen and oxygen atoms in total. The first kappa shape index (κ1) is 20.6. The lowest BCUT2D eigenvalue weighted by Gasteiger charge is -2.34. The molecule has 0 aliphatic carbocycles. The van der Waals surface area contributed by atoms with Crippen molar-refractivity contribution in [3.05, 3.63) is 59.5 Å². The van der Waals surface area contributed by atoms with Crippen molar-refractivity contribution in [2.24, 2.45) is 5.92 Å². The minimum absolute atomic E-state index is 0.132. The third kappa shape index (κ3) is 5.25. The molecule has 3 amide bonds. The predicted molar refractivity (Wildman–Crippen MR) is 109 cm³/mol. The van der Waals surface area contributed by atoms with Gasteiger partial charge in [0.1, 0.15) is 0 Å². The lowest BCUT2D eigenvalue weighted by atomic mass is 10.1. The Kier molecular flexibility index (Phi) is 6.69. The number of piperazine rings is 1. The summed E-state index contributed by atoms with van der Waals surface area (Å²) in [5.74, 6) is 0.353. The summed E-state index contributed by atoms with van der Waals surface area (Å²) in [4.78, 5) is 40.9. The predicted octanol–water partition coefficient (Wildman–Crippen LogP) is 2.65. The number of amides is 3. The van der Waals surface area contributed by atoms with Gasteiger partial charge in [0.2, 0.25) is 0 Å². The number of carbonyl (C=O) groups is 3. The van der Waals surface area contributed by atoms with Crippen LogP contribution in [0.3, 0.4) is 0 Å². The van der Waals surface area contributed by atoms with Gasteiger partial charge in [-0.15, -0.1) is 0 Å². The van der Waals surface area contributed by atoms with Crippen molar-refractivity contribution in [1.29, 1.82) is 0 Å². The van der Waals surface area contributed by atoms with E-state index in [9.17, 15) is 14.4 Å². The summed E-state index contributed by atoms with van der Waals surface area (Å²) < 4.78 is 5.16. The quantitative estimate of drug-likeness (QED) is 0.812. The molecule has 0 radical (unpaired) electrons. The molecule has 0 atom stereocenters. The first-order chi connectivity index (χ1) is 14.0. The Morgan fingerprint density at radius 1 is 0.966 bits per heavy atom. The third-order valence-corrected chi connectivity index (χ3v) is 4.97. The average molecular weight is 397 g/mol. The van der Waals surface area contributed by atoms with Gasteiger partial charge in [-0.2, -0.15) is 0 Å². The van der Waals surface area contributed by atoms with Crippen molar-refractivity contribution in [2.75, 3.05) is 32.7 Å². The van der Waals surface area contributed by atoms with Gasteiger partial charge in [-0.3, -0.25) is 14.4 Å². The van der Waals surface area contributed by atoms with E-state index in [1.165, 1.54) is 6.26 Å². The molecule has 0 saturated carbocycles. The Morgan fingerprint density at radius 2 is 1.62 bits per heavy atom. The number of hydrogen-bond acceptors (Lipinski definition) is 4. The monoisotopic (exact) mass is 397 g/mol. The molecule has 1 aromatic carbocycles. The van der Waals surface area contributed by atoms with Gasteiger partial charge < -0.3 is 19.5 Å². The molecular formula is C22H27N3O4. The molecule has 0 spiro atoms. The molecular weight excluding hydrogens is 370 g/mol. The maximum Gasteiger partial charge on any atom is 0.289 e. The minimum Gasteiger partial charge on any atom is -0.459 e. The first-order valence-corrected chi connectivity index (χ1v) is 9.96. The van der Waals surface area contributed by atoms with Crippen LogP contribution in [0, 0.1) is 5.92 Å². The van der Waals surface area contributed by atoms with Crippen molar-refractivity contribution in [3.63, 3.8) is 0 Å². The number of carbonyl (C=O) groups excluding carboxylic acids is 3. The molecule has 154 valence electrons. The highest BCUT2D eigenvalue weighted by Gasteiger charge is 2.26. The number of nitrogens with one attached hydrogen (secondary N) is 1. The lowest BCUT2D eigenvalue weighted by molar-refractivity contribution is 0.0518. The van der Waals surface area contributed by atoms with Crippen LogP contribution in [-0.4, -0.2) is 60.2 Å². The molecule has 1 aromatic heterocycles. The van der Waals surface area contributed by atoms with Crippen LogP contribution in [0.4, 0.5) is 0 Å². The number of rotatable bonds is 6. The molecule has 1 aliphatic rings. The average Bonchev–Trinajstić information content (AvgIpc) is 3.27. The van der Waals surface area contributed by atoms with E-state index in [0.717, 1.165) is 6.42 Å². The van der Waals surface area contributed by atoms with E-state index < -0.39 is 0 Å². The lowest BCUT2D eigenvalue weighted by Crippen LogP contribution is -2.50. The summed E-state index contributed by atoms with van der Waals surface area (Å²) in [6, 6.07) is 10.1. The summed E-state index contributed by atoms with van der Waals surface area (Å²) in [6.07, 6.45) is 2.38. The van der Waals surface area contributed by atoms with E-state index >= 15 is 0 Å². The van der Waals surface area contributed by atoms with Crippen molar-refractivity contribution < 1.29 is 18.8 Å². The standard InChI is InChI=1S/C22H27N3O4/c1-16(2)8-9-23-20(26)17-5-3-6-18(15-17)21(27)24-10-12-25(13-11-24)22(28)19-7-4-14-29-19/h3-7,14-16H,8-13H2,1-2H3,(H,23,26). The zero-order valence-electron chi connectivity index (χ0n) is 16.9. The Hall–Kier alpha value is -3.09. The molecule has 1 N–H and O–H groups in total. The second-order valence-electron chi connectivity index (χ2n) is 7.58. The zero-order chi connectivity index (χ0) is 20.8. The highest BCUT2D eigenvalue weighted by atomic mass is 16.3. The fourth-order valence-corrected chi connectivity index (χ4v) is 3.22. The first-order valence-electron chi connectivity index (χ1n) is 9.96. The normalized spacial score (nSPS) is 14.2. The molecule has 2 aromatic rings. The van der Waals surface area contributed by atoms with Gasteiger partial charge in [-0.25, -0.2) is 0 Å². The summed E-state index contributed by atoms with van der Waals surface area (Å²) >= 11 is 0. The van der Waals surface area contributed by atoms with E-state index in [2.05, 4.69) is 19.2 Å². The van der Waals surface area contributed by atoms with Crippen LogP contribution < -0.4 is 5.32 Å². The molecule has 0 unspecified atom stereocenters. The van der Waals surface area contributed by atoms with E-state index in [-0.39, 0.29) is 17.7 Å².